The van der Waals surface area contributed by atoms with Crippen LogP contribution in [0.4, 0.5) is 0 Å². The first-order valence-corrected chi connectivity index (χ1v) is 7.61. The molecule has 3 nitrogen and oxygen atoms in total. The summed E-state index contributed by atoms with van der Waals surface area (Å²) in [7, 11) is -0.834. The van der Waals surface area contributed by atoms with Crippen LogP contribution in [0.15, 0.2) is 0 Å². The first kappa shape index (κ1) is 14.9. The third-order valence-electron chi connectivity index (χ3n) is 2.61. The Labute approximate surface area is 94.6 Å². The average Bonchev–Trinajstić information content (AvgIpc) is 2.15. The van der Waals surface area contributed by atoms with Gasteiger partial charge in [0.05, 0.1) is 5.75 Å². The van der Waals surface area contributed by atoms with Crippen LogP contribution in [0.2, 0.25) is 0 Å². The Balaban J connectivity index is 3.82. The van der Waals surface area contributed by atoms with Gasteiger partial charge >= 0.3 is 0 Å². The molecule has 0 saturated heterocycles. The SMILES string of the molecule is CCS(=O)(=O)CCCC(CC(C)C)NC. The molecule has 0 aliphatic carbocycles. The van der Waals surface area contributed by atoms with Crippen molar-refractivity contribution in [2.75, 3.05) is 18.6 Å². The maximum atomic E-state index is 11.3. The van der Waals surface area contributed by atoms with Gasteiger partial charge in [-0.15, -0.1) is 0 Å². The van der Waals surface area contributed by atoms with Crippen LogP contribution < -0.4 is 5.32 Å². The summed E-state index contributed by atoms with van der Waals surface area (Å²) in [6, 6.07) is 0.456. The zero-order valence-electron chi connectivity index (χ0n) is 10.4. The van der Waals surface area contributed by atoms with E-state index in [2.05, 4.69) is 19.2 Å². The van der Waals surface area contributed by atoms with Crippen molar-refractivity contribution in [3.63, 3.8) is 0 Å². The van der Waals surface area contributed by atoms with E-state index in [0.29, 0.717) is 17.7 Å². The molecule has 0 fully saturated rings. The fourth-order valence-corrected chi connectivity index (χ4v) is 2.54. The lowest BCUT2D eigenvalue weighted by Crippen LogP contribution is -2.27. The highest BCUT2D eigenvalue weighted by Crippen LogP contribution is 2.10. The Morgan fingerprint density at radius 1 is 1.27 bits per heavy atom. The van der Waals surface area contributed by atoms with Crippen LogP contribution in [0.5, 0.6) is 0 Å². The highest BCUT2D eigenvalue weighted by atomic mass is 32.2. The van der Waals surface area contributed by atoms with Gasteiger partial charge in [-0.2, -0.15) is 0 Å². The molecule has 1 unspecified atom stereocenters. The summed E-state index contributed by atoms with van der Waals surface area (Å²) in [5.41, 5.74) is 0. The third-order valence-corrected chi connectivity index (χ3v) is 4.40. The lowest BCUT2D eigenvalue weighted by molar-refractivity contribution is 0.418. The fourth-order valence-electron chi connectivity index (χ4n) is 1.64. The molecule has 0 spiro atoms. The minimum absolute atomic E-state index is 0.265. The molecule has 0 bridgehead atoms. The van der Waals surface area contributed by atoms with Gasteiger partial charge in [-0.25, -0.2) is 8.42 Å². The minimum atomic E-state index is -2.78. The van der Waals surface area contributed by atoms with E-state index >= 15 is 0 Å². The summed E-state index contributed by atoms with van der Waals surface area (Å²) in [6.45, 7) is 6.08. The lowest BCUT2D eigenvalue weighted by Gasteiger charge is -2.17. The van der Waals surface area contributed by atoms with E-state index in [4.69, 9.17) is 0 Å². The average molecular weight is 235 g/mol. The second-order valence-electron chi connectivity index (χ2n) is 4.49. The highest BCUT2D eigenvalue weighted by Gasteiger charge is 2.11. The fraction of sp³-hybridized carbons (Fsp3) is 1.00. The third kappa shape index (κ3) is 7.79. The molecule has 0 aliphatic heterocycles. The van der Waals surface area contributed by atoms with Crippen molar-refractivity contribution in [3.8, 4) is 0 Å². The van der Waals surface area contributed by atoms with E-state index < -0.39 is 9.84 Å². The molecule has 4 heteroatoms. The van der Waals surface area contributed by atoms with Crippen molar-refractivity contribution < 1.29 is 8.42 Å². The van der Waals surface area contributed by atoms with Gasteiger partial charge in [0.15, 0.2) is 0 Å². The lowest BCUT2D eigenvalue weighted by atomic mass is 10.0. The minimum Gasteiger partial charge on any atom is -0.317 e. The molecule has 92 valence electrons. The second-order valence-corrected chi connectivity index (χ2v) is 6.97. The van der Waals surface area contributed by atoms with Gasteiger partial charge in [0.2, 0.25) is 0 Å². The predicted octanol–water partition coefficient (Wildman–Crippen LogP) is 1.84. The van der Waals surface area contributed by atoms with Crippen molar-refractivity contribution in [3.05, 3.63) is 0 Å². The van der Waals surface area contributed by atoms with Gasteiger partial charge in [0.25, 0.3) is 0 Å². The standard InChI is InChI=1S/C11H25NO2S/c1-5-15(13,14)8-6-7-11(12-4)9-10(2)3/h10-12H,5-9H2,1-4H3. The van der Waals surface area contributed by atoms with E-state index in [1.165, 1.54) is 0 Å². The first-order chi connectivity index (χ1) is 6.91. The van der Waals surface area contributed by atoms with Gasteiger partial charge in [-0.05, 0) is 32.2 Å². The first-order valence-electron chi connectivity index (χ1n) is 5.79. The van der Waals surface area contributed by atoms with Crippen molar-refractivity contribution in [2.24, 2.45) is 5.92 Å². The molecule has 0 rings (SSSR count). The molecular weight excluding hydrogens is 210 g/mol. The molecule has 0 saturated carbocycles. The number of hydrogen-bond donors (Lipinski definition) is 1. The van der Waals surface area contributed by atoms with E-state index in [1.54, 1.807) is 6.92 Å². The predicted molar refractivity (Wildman–Crippen MR) is 65.9 cm³/mol. The normalized spacial score (nSPS) is 14.5. The Morgan fingerprint density at radius 3 is 2.27 bits per heavy atom. The molecule has 0 aromatic heterocycles. The molecular formula is C11H25NO2S. The van der Waals surface area contributed by atoms with Crippen LogP contribution in [0, 0.1) is 5.92 Å². The monoisotopic (exact) mass is 235 g/mol. The number of rotatable bonds is 8. The van der Waals surface area contributed by atoms with Crippen LogP contribution in [0.3, 0.4) is 0 Å². The number of nitrogens with one attached hydrogen (secondary N) is 1. The largest absolute Gasteiger partial charge is 0.317 e. The van der Waals surface area contributed by atoms with Gasteiger partial charge in [0.1, 0.15) is 9.84 Å². The molecule has 1 N–H and O–H groups in total. The molecule has 1 atom stereocenters. The van der Waals surface area contributed by atoms with Crippen LogP contribution in [-0.2, 0) is 9.84 Å². The van der Waals surface area contributed by atoms with E-state index in [1.807, 2.05) is 7.05 Å². The zero-order valence-corrected chi connectivity index (χ0v) is 11.2. The summed E-state index contributed by atoms with van der Waals surface area (Å²) in [5, 5.41) is 3.24. The molecule has 15 heavy (non-hydrogen) atoms. The summed E-state index contributed by atoms with van der Waals surface area (Å²) < 4.78 is 22.5. The summed E-state index contributed by atoms with van der Waals surface area (Å²) in [4.78, 5) is 0. The van der Waals surface area contributed by atoms with Crippen LogP contribution in [-0.4, -0.2) is 33.0 Å². The summed E-state index contributed by atoms with van der Waals surface area (Å²) in [5.74, 6) is 1.26. The topological polar surface area (TPSA) is 46.2 Å². The number of hydrogen-bond acceptors (Lipinski definition) is 3. The van der Waals surface area contributed by atoms with Gasteiger partial charge in [-0.1, -0.05) is 20.8 Å². The molecule has 0 aromatic carbocycles. The quantitative estimate of drug-likeness (QED) is 0.698. The number of sulfone groups is 1. The molecule has 0 aromatic rings. The summed E-state index contributed by atoms with van der Waals surface area (Å²) in [6.07, 6.45) is 2.84. The van der Waals surface area contributed by atoms with Crippen LogP contribution in [0.25, 0.3) is 0 Å². The Bertz CT molecular complexity index is 247. The van der Waals surface area contributed by atoms with Gasteiger partial charge in [0, 0.05) is 11.8 Å². The van der Waals surface area contributed by atoms with Crippen LogP contribution in [0.1, 0.15) is 40.0 Å². The van der Waals surface area contributed by atoms with Gasteiger partial charge in [-0.3, -0.25) is 0 Å². The van der Waals surface area contributed by atoms with Gasteiger partial charge < -0.3 is 5.32 Å². The molecule has 0 heterocycles. The maximum Gasteiger partial charge on any atom is 0.150 e. The van der Waals surface area contributed by atoms with E-state index in [0.717, 1.165) is 19.3 Å². The van der Waals surface area contributed by atoms with Crippen molar-refractivity contribution in [1.82, 2.24) is 5.32 Å². The maximum absolute atomic E-state index is 11.3. The Kier molecular flexibility index (Phi) is 7.18. The smallest absolute Gasteiger partial charge is 0.150 e. The van der Waals surface area contributed by atoms with Crippen LogP contribution >= 0.6 is 0 Å². The Hall–Kier alpha value is -0.0900. The van der Waals surface area contributed by atoms with Crippen molar-refractivity contribution in [1.29, 1.82) is 0 Å². The molecule has 0 radical (unpaired) electrons. The Morgan fingerprint density at radius 2 is 1.87 bits per heavy atom. The molecule has 0 aliphatic rings. The molecule has 0 amide bonds. The highest BCUT2D eigenvalue weighted by molar-refractivity contribution is 7.91. The van der Waals surface area contributed by atoms with E-state index in [9.17, 15) is 8.42 Å². The van der Waals surface area contributed by atoms with E-state index in [-0.39, 0.29) is 5.75 Å². The summed E-state index contributed by atoms with van der Waals surface area (Å²) >= 11 is 0. The zero-order chi connectivity index (χ0) is 11.9. The van der Waals surface area contributed by atoms with Crippen molar-refractivity contribution in [2.45, 2.75) is 46.1 Å². The van der Waals surface area contributed by atoms with Crippen molar-refractivity contribution >= 4 is 9.84 Å². The second kappa shape index (κ2) is 7.23.